The second kappa shape index (κ2) is 6.73. The lowest BCUT2D eigenvalue weighted by atomic mass is 9.73. The van der Waals surface area contributed by atoms with Crippen molar-refractivity contribution < 1.29 is 9.18 Å². The molecule has 6 heteroatoms. The molecule has 2 aliphatic rings. The first kappa shape index (κ1) is 17.8. The number of hydrogen-bond acceptors (Lipinski definition) is 3. The van der Waals surface area contributed by atoms with E-state index in [1.54, 1.807) is 29.4 Å². The van der Waals surface area contributed by atoms with Gasteiger partial charge in [0, 0.05) is 18.1 Å². The highest BCUT2D eigenvalue weighted by molar-refractivity contribution is 6.08. The van der Waals surface area contributed by atoms with Gasteiger partial charge in [-0.2, -0.15) is 0 Å². The first-order valence-electron chi connectivity index (χ1n) is 8.30. The van der Waals surface area contributed by atoms with Crippen molar-refractivity contribution in [1.82, 2.24) is 9.88 Å². The number of halogens is 2. The van der Waals surface area contributed by atoms with E-state index in [4.69, 9.17) is 0 Å². The van der Waals surface area contributed by atoms with Crippen molar-refractivity contribution >= 4 is 24.0 Å². The summed E-state index contributed by atoms with van der Waals surface area (Å²) in [6.45, 7) is 2.17. The number of aromatic nitrogens is 1. The van der Waals surface area contributed by atoms with Crippen molar-refractivity contribution in [1.29, 1.82) is 0 Å². The Morgan fingerprint density at radius 2 is 2.00 bits per heavy atom. The number of nitrogens with zero attached hydrogens (tertiary/aromatic N) is 3. The Labute approximate surface area is 153 Å². The van der Waals surface area contributed by atoms with E-state index in [1.807, 2.05) is 12.1 Å². The molecule has 3 heterocycles. The summed E-state index contributed by atoms with van der Waals surface area (Å²) < 4.78 is 13.9. The monoisotopic (exact) mass is 361 g/mol. The van der Waals surface area contributed by atoms with Gasteiger partial charge in [0.05, 0.1) is 12.0 Å². The molecule has 0 radical (unpaired) electrons. The molecule has 0 atom stereocenters. The zero-order valence-electron chi connectivity index (χ0n) is 14.1. The number of fused-ring (bicyclic) bond motifs is 2. The maximum absolute atomic E-state index is 13.9. The number of carbonyl (C=O) groups is 1. The molecule has 2 aromatic rings. The molecule has 1 spiro atoms. The predicted molar refractivity (Wildman–Crippen MR) is 97.5 cm³/mol. The Morgan fingerprint density at radius 3 is 2.68 bits per heavy atom. The second-order valence-corrected chi connectivity index (χ2v) is 6.80. The Kier molecular flexibility index (Phi) is 4.80. The average Bonchev–Trinajstić information content (AvgIpc) is 2.81. The Morgan fingerprint density at radius 1 is 1.24 bits per heavy atom. The third kappa shape index (κ3) is 2.92. The molecule has 4 rings (SSSR count). The van der Waals surface area contributed by atoms with Crippen LogP contribution in [-0.4, -0.2) is 35.9 Å². The number of carbonyl (C=O) groups excluding carboxylic acids is 1. The fourth-order valence-electron chi connectivity index (χ4n) is 3.92. The number of pyridine rings is 1. The number of amides is 1. The number of likely N-dealkylation sites (tertiary alicyclic amines) is 1. The van der Waals surface area contributed by atoms with Gasteiger partial charge >= 0.3 is 0 Å². The van der Waals surface area contributed by atoms with Gasteiger partial charge in [-0.15, -0.1) is 12.4 Å². The minimum absolute atomic E-state index is 0. The van der Waals surface area contributed by atoms with Gasteiger partial charge in [-0.1, -0.05) is 6.07 Å². The fourth-order valence-corrected chi connectivity index (χ4v) is 3.92. The van der Waals surface area contributed by atoms with Crippen molar-refractivity contribution in [3.05, 3.63) is 59.7 Å². The largest absolute Gasteiger partial charge is 0.307 e. The Hall–Kier alpha value is -1.98. The first-order chi connectivity index (χ1) is 11.6. The SMILES string of the molecule is CN1CCC2(CC1)C(=O)N(Cc1cccnc1)c1ccc(F)cc12.Cl. The summed E-state index contributed by atoms with van der Waals surface area (Å²) in [7, 11) is 2.06. The van der Waals surface area contributed by atoms with Crippen LogP contribution in [0.1, 0.15) is 24.0 Å². The van der Waals surface area contributed by atoms with Gasteiger partial charge in [-0.25, -0.2) is 4.39 Å². The van der Waals surface area contributed by atoms with Crippen LogP contribution in [0.4, 0.5) is 10.1 Å². The molecule has 0 saturated carbocycles. The first-order valence-corrected chi connectivity index (χ1v) is 8.30. The molecular weight excluding hydrogens is 341 g/mol. The maximum Gasteiger partial charge on any atom is 0.238 e. The highest BCUT2D eigenvalue weighted by Gasteiger charge is 2.51. The van der Waals surface area contributed by atoms with Gasteiger partial charge in [0.2, 0.25) is 5.91 Å². The Bertz CT molecular complexity index is 775. The van der Waals surface area contributed by atoms with E-state index < -0.39 is 5.41 Å². The van der Waals surface area contributed by atoms with E-state index >= 15 is 0 Å². The summed E-state index contributed by atoms with van der Waals surface area (Å²) in [5, 5.41) is 0. The van der Waals surface area contributed by atoms with Crippen LogP contribution in [0.3, 0.4) is 0 Å². The quantitative estimate of drug-likeness (QED) is 0.824. The average molecular weight is 362 g/mol. The summed E-state index contributed by atoms with van der Waals surface area (Å²) in [4.78, 5) is 21.5. The molecule has 132 valence electrons. The third-order valence-electron chi connectivity index (χ3n) is 5.32. The van der Waals surface area contributed by atoms with Gasteiger partial charge in [-0.05, 0) is 68.4 Å². The van der Waals surface area contributed by atoms with Crippen LogP contribution in [-0.2, 0) is 16.8 Å². The lowest BCUT2D eigenvalue weighted by molar-refractivity contribution is -0.124. The molecule has 0 bridgehead atoms. The van der Waals surface area contributed by atoms with Crippen LogP contribution >= 0.6 is 12.4 Å². The number of rotatable bonds is 2. The molecule has 4 nitrogen and oxygen atoms in total. The zero-order chi connectivity index (χ0) is 16.7. The van der Waals surface area contributed by atoms with Crippen molar-refractivity contribution in [2.45, 2.75) is 24.8 Å². The maximum atomic E-state index is 13.9. The molecule has 1 saturated heterocycles. The minimum Gasteiger partial charge on any atom is -0.307 e. The standard InChI is InChI=1S/C19H20FN3O.ClH/c1-22-9-6-19(7-10-22)16-11-15(20)4-5-17(16)23(18(19)24)13-14-3-2-8-21-12-14;/h2-5,8,11-12H,6-7,9-10,13H2,1H3;1H. The summed E-state index contributed by atoms with van der Waals surface area (Å²) >= 11 is 0. The van der Waals surface area contributed by atoms with Crippen molar-refractivity contribution in [2.24, 2.45) is 0 Å². The van der Waals surface area contributed by atoms with Gasteiger partial charge < -0.3 is 9.80 Å². The molecule has 2 aliphatic heterocycles. The van der Waals surface area contributed by atoms with Crippen LogP contribution < -0.4 is 4.90 Å². The molecule has 1 aromatic heterocycles. The van der Waals surface area contributed by atoms with Gasteiger partial charge in [0.25, 0.3) is 0 Å². The summed E-state index contributed by atoms with van der Waals surface area (Å²) in [6, 6.07) is 8.57. The molecule has 0 unspecified atom stereocenters. The van der Waals surface area contributed by atoms with E-state index in [9.17, 15) is 9.18 Å². The summed E-state index contributed by atoms with van der Waals surface area (Å²) in [6.07, 6.45) is 4.97. The molecule has 1 fully saturated rings. The van der Waals surface area contributed by atoms with Crippen molar-refractivity contribution in [3.8, 4) is 0 Å². The van der Waals surface area contributed by atoms with Crippen molar-refractivity contribution in [2.75, 3.05) is 25.0 Å². The molecule has 1 amide bonds. The summed E-state index contributed by atoms with van der Waals surface area (Å²) in [5.74, 6) is -0.178. The van der Waals surface area contributed by atoms with Crippen molar-refractivity contribution in [3.63, 3.8) is 0 Å². The molecular formula is C19H21ClFN3O. The number of piperidine rings is 1. The lowest BCUT2D eigenvalue weighted by Crippen LogP contribution is -2.47. The van der Waals surface area contributed by atoms with Gasteiger partial charge in [0.1, 0.15) is 5.82 Å². The minimum atomic E-state index is -0.577. The molecule has 0 N–H and O–H groups in total. The topological polar surface area (TPSA) is 36.4 Å². The van der Waals surface area contributed by atoms with E-state index in [2.05, 4.69) is 16.9 Å². The number of hydrogen-bond donors (Lipinski definition) is 0. The predicted octanol–water partition coefficient (Wildman–Crippen LogP) is 3.15. The van der Waals surface area contributed by atoms with Gasteiger partial charge in [0.15, 0.2) is 0 Å². The summed E-state index contributed by atoms with van der Waals surface area (Å²) in [5.41, 5.74) is 2.09. The van der Waals surface area contributed by atoms with Crippen LogP contribution in [0, 0.1) is 5.82 Å². The second-order valence-electron chi connectivity index (χ2n) is 6.80. The van der Waals surface area contributed by atoms with E-state index in [1.165, 1.54) is 6.07 Å². The molecule has 0 aliphatic carbocycles. The number of anilines is 1. The molecule has 25 heavy (non-hydrogen) atoms. The normalized spacial score (nSPS) is 19.0. The van der Waals surface area contributed by atoms with Gasteiger partial charge in [-0.3, -0.25) is 9.78 Å². The Balaban J connectivity index is 0.00000182. The fraction of sp³-hybridized carbons (Fsp3) is 0.368. The zero-order valence-corrected chi connectivity index (χ0v) is 14.9. The van der Waals surface area contributed by atoms with Crippen LogP contribution in [0.25, 0.3) is 0 Å². The third-order valence-corrected chi connectivity index (χ3v) is 5.32. The number of benzene rings is 1. The van der Waals surface area contributed by atoms with Crippen LogP contribution in [0.2, 0.25) is 0 Å². The van der Waals surface area contributed by atoms with Crippen LogP contribution in [0.5, 0.6) is 0 Å². The smallest absolute Gasteiger partial charge is 0.238 e. The van der Waals surface area contributed by atoms with E-state index in [0.717, 1.165) is 42.7 Å². The molecule has 1 aromatic carbocycles. The highest BCUT2D eigenvalue weighted by atomic mass is 35.5. The van der Waals surface area contributed by atoms with Crippen LogP contribution in [0.15, 0.2) is 42.7 Å². The lowest BCUT2D eigenvalue weighted by Gasteiger charge is -2.36. The highest BCUT2D eigenvalue weighted by Crippen LogP contribution is 2.48. The van der Waals surface area contributed by atoms with E-state index in [-0.39, 0.29) is 24.1 Å². The van der Waals surface area contributed by atoms with E-state index in [0.29, 0.717) is 6.54 Å².